The normalized spacial score (nSPS) is 11.3. The van der Waals surface area contributed by atoms with Crippen LogP contribution < -0.4 is 0 Å². The van der Waals surface area contributed by atoms with Gasteiger partial charge in [0.2, 0.25) is 0 Å². The van der Waals surface area contributed by atoms with E-state index in [-0.39, 0.29) is 0 Å². The van der Waals surface area contributed by atoms with E-state index in [1.807, 2.05) is 36.5 Å². The first-order chi connectivity index (χ1) is 13.2. The average Bonchev–Trinajstić information content (AvgIpc) is 3.04. The maximum absolute atomic E-state index is 11.1. The fourth-order valence-corrected chi connectivity index (χ4v) is 3.44. The van der Waals surface area contributed by atoms with Gasteiger partial charge in [0.15, 0.2) is 0 Å². The average molecular weight is 359 g/mol. The second kappa shape index (κ2) is 7.19. The third-order valence-corrected chi connectivity index (χ3v) is 4.85. The van der Waals surface area contributed by atoms with Crippen LogP contribution in [0.1, 0.15) is 41.5 Å². The van der Waals surface area contributed by atoms with Gasteiger partial charge in [-0.3, -0.25) is 4.98 Å². The van der Waals surface area contributed by atoms with Gasteiger partial charge in [0, 0.05) is 18.4 Å². The molecule has 0 bridgehead atoms. The highest BCUT2D eigenvalue weighted by Gasteiger charge is 2.14. The maximum Gasteiger partial charge on any atom is 0.335 e. The second-order valence-corrected chi connectivity index (χ2v) is 6.73. The van der Waals surface area contributed by atoms with Crippen molar-refractivity contribution < 1.29 is 9.90 Å². The summed E-state index contributed by atoms with van der Waals surface area (Å²) < 4.78 is 2.25. The largest absolute Gasteiger partial charge is 0.478 e. The minimum Gasteiger partial charge on any atom is -0.478 e. The number of hydrogen-bond acceptors (Lipinski definition) is 3. The monoisotopic (exact) mass is 359 g/mol. The highest BCUT2D eigenvalue weighted by Crippen LogP contribution is 2.26. The minimum atomic E-state index is -0.907. The van der Waals surface area contributed by atoms with E-state index in [0.717, 1.165) is 52.6 Å². The fourth-order valence-electron chi connectivity index (χ4n) is 3.44. The summed E-state index contributed by atoms with van der Waals surface area (Å²) in [5.41, 5.74) is 4.30. The Morgan fingerprint density at radius 1 is 1.07 bits per heavy atom. The van der Waals surface area contributed by atoms with Gasteiger partial charge in [-0.15, -0.1) is 0 Å². The van der Waals surface area contributed by atoms with E-state index in [1.54, 1.807) is 12.1 Å². The van der Waals surface area contributed by atoms with E-state index in [2.05, 4.69) is 22.5 Å². The van der Waals surface area contributed by atoms with Gasteiger partial charge in [-0.25, -0.2) is 9.78 Å². The lowest BCUT2D eigenvalue weighted by atomic mass is 10.1. The summed E-state index contributed by atoms with van der Waals surface area (Å²) in [5, 5.41) is 10.2. The number of carbonyl (C=O) groups is 1. The molecule has 0 amide bonds. The van der Waals surface area contributed by atoms with Crippen molar-refractivity contribution in [2.45, 2.75) is 32.7 Å². The third-order valence-electron chi connectivity index (χ3n) is 4.85. The summed E-state index contributed by atoms with van der Waals surface area (Å²) >= 11 is 0. The zero-order chi connectivity index (χ0) is 18.8. The zero-order valence-corrected chi connectivity index (χ0v) is 15.2. The van der Waals surface area contributed by atoms with Gasteiger partial charge >= 0.3 is 5.97 Å². The van der Waals surface area contributed by atoms with Gasteiger partial charge < -0.3 is 9.67 Å². The number of hydrogen-bond donors (Lipinski definition) is 1. The van der Waals surface area contributed by atoms with Gasteiger partial charge in [0.25, 0.3) is 0 Å². The summed E-state index contributed by atoms with van der Waals surface area (Å²) in [5.74, 6) is 0.141. The zero-order valence-electron chi connectivity index (χ0n) is 15.2. The third kappa shape index (κ3) is 3.28. The van der Waals surface area contributed by atoms with Crippen LogP contribution >= 0.6 is 0 Å². The number of pyridine rings is 1. The molecule has 0 radical (unpaired) electrons. The molecule has 0 aliphatic carbocycles. The molecule has 2 heterocycles. The molecule has 0 aliphatic rings. The highest BCUT2D eigenvalue weighted by molar-refractivity contribution is 6.02. The number of aromatic nitrogens is 3. The first-order valence-corrected chi connectivity index (χ1v) is 9.22. The molecule has 27 heavy (non-hydrogen) atoms. The number of carboxylic acids is 1. The molecule has 4 rings (SSSR count). The predicted octanol–water partition coefficient (Wildman–Crippen LogP) is 4.67. The van der Waals surface area contributed by atoms with Crippen molar-refractivity contribution in [3.8, 4) is 0 Å². The lowest BCUT2D eigenvalue weighted by Crippen LogP contribution is -2.06. The van der Waals surface area contributed by atoms with Crippen molar-refractivity contribution in [1.82, 2.24) is 14.5 Å². The Balaban J connectivity index is 1.85. The van der Waals surface area contributed by atoms with E-state index < -0.39 is 5.97 Å². The number of rotatable bonds is 6. The predicted molar refractivity (Wildman–Crippen MR) is 106 cm³/mol. The van der Waals surface area contributed by atoms with E-state index in [9.17, 15) is 4.79 Å². The number of benzene rings is 2. The number of aromatic carboxylic acids is 1. The van der Waals surface area contributed by atoms with Crippen LogP contribution in [-0.2, 0) is 13.0 Å². The van der Waals surface area contributed by atoms with Crippen LogP contribution in [0.25, 0.3) is 21.9 Å². The molecule has 0 atom stereocenters. The number of para-hydroxylation sites is 1. The van der Waals surface area contributed by atoms with E-state index >= 15 is 0 Å². The SMILES string of the molecule is CCCCc1nc2cnc3ccccc3c2n1Cc1ccc(C(=O)O)cc1. The fraction of sp³-hybridized carbons (Fsp3) is 0.227. The molecule has 4 aromatic rings. The molecular formula is C22H21N3O2. The molecule has 0 saturated heterocycles. The van der Waals surface area contributed by atoms with Gasteiger partial charge in [0.05, 0.1) is 22.8 Å². The quantitative estimate of drug-likeness (QED) is 0.543. The Kier molecular flexibility index (Phi) is 4.59. The van der Waals surface area contributed by atoms with E-state index in [1.165, 1.54) is 0 Å². The Morgan fingerprint density at radius 3 is 2.59 bits per heavy atom. The first-order valence-electron chi connectivity index (χ1n) is 9.22. The maximum atomic E-state index is 11.1. The van der Waals surface area contributed by atoms with Crippen LogP contribution in [0.15, 0.2) is 54.7 Å². The molecule has 2 aromatic carbocycles. The lowest BCUT2D eigenvalue weighted by Gasteiger charge is -2.11. The number of fused-ring (bicyclic) bond motifs is 3. The Bertz CT molecular complexity index is 1110. The molecule has 0 fully saturated rings. The van der Waals surface area contributed by atoms with Crippen LogP contribution in [0.3, 0.4) is 0 Å². The Hall–Kier alpha value is -3.21. The second-order valence-electron chi connectivity index (χ2n) is 6.73. The Morgan fingerprint density at radius 2 is 1.85 bits per heavy atom. The first kappa shape index (κ1) is 17.2. The smallest absolute Gasteiger partial charge is 0.335 e. The van der Waals surface area contributed by atoms with Crippen LogP contribution in [0.4, 0.5) is 0 Å². The molecular weight excluding hydrogens is 338 g/mol. The number of carboxylic acid groups (broad SMARTS) is 1. The summed E-state index contributed by atoms with van der Waals surface area (Å²) in [6, 6.07) is 15.2. The number of unbranched alkanes of at least 4 members (excludes halogenated alkanes) is 1. The number of aryl methyl sites for hydroxylation is 1. The molecule has 5 nitrogen and oxygen atoms in total. The summed E-state index contributed by atoms with van der Waals surface area (Å²) in [7, 11) is 0. The van der Waals surface area contributed by atoms with Crippen molar-refractivity contribution >= 4 is 27.9 Å². The van der Waals surface area contributed by atoms with E-state index in [4.69, 9.17) is 10.1 Å². The van der Waals surface area contributed by atoms with Crippen LogP contribution in [0, 0.1) is 0 Å². The standard InChI is InChI=1S/C22H21N3O2/c1-2-3-8-20-24-19-13-23-18-7-5-4-6-17(18)21(19)25(20)14-15-9-11-16(12-10-15)22(26)27/h4-7,9-13H,2-3,8,14H2,1H3,(H,26,27). The lowest BCUT2D eigenvalue weighted by molar-refractivity contribution is 0.0697. The molecule has 0 unspecified atom stereocenters. The van der Waals surface area contributed by atoms with Crippen molar-refractivity contribution in [3.05, 3.63) is 71.7 Å². The molecule has 5 heteroatoms. The van der Waals surface area contributed by atoms with Crippen LogP contribution in [-0.4, -0.2) is 25.6 Å². The summed E-state index contributed by atoms with van der Waals surface area (Å²) in [6.07, 6.45) is 4.94. The van der Waals surface area contributed by atoms with Crippen molar-refractivity contribution in [2.24, 2.45) is 0 Å². The molecule has 2 aromatic heterocycles. The van der Waals surface area contributed by atoms with Gasteiger partial charge in [-0.05, 0) is 30.2 Å². The molecule has 1 N–H and O–H groups in total. The molecule has 136 valence electrons. The highest BCUT2D eigenvalue weighted by atomic mass is 16.4. The molecule has 0 saturated carbocycles. The summed E-state index contributed by atoms with van der Waals surface area (Å²) in [6.45, 7) is 2.83. The van der Waals surface area contributed by atoms with Crippen molar-refractivity contribution in [2.75, 3.05) is 0 Å². The Labute approximate surface area is 157 Å². The minimum absolute atomic E-state index is 0.301. The van der Waals surface area contributed by atoms with Crippen molar-refractivity contribution in [3.63, 3.8) is 0 Å². The van der Waals surface area contributed by atoms with Crippen LogP contribution in [0.5, 0.6) is 0 Å². The number of imidazole rings is 1. The summed E-state index contributed by atoms with van der Waals surface area (Å²) in [4.78, 5) is 20.5. The van der Waals surface area contributed by atoms with E-state index in [0.29, 0.717) is 12.1 Å². The topological polar surface area (TPSA) is 68.0 Å². The van der Waals surface area contributed by atoms with Gasteiger partial charge in [-0.1, -0.05) is 43.7 Å². The van der Waals surface area contributed by atoms with Gasteiger partial charge in [-0.2, -0.15) is 0 Å². The van der Waals surface area contributed by atoms with Gasteiger partial charge in [0.1, 0.15) is 11.3 Å². The molecule has 0 spiro atoms. The van der Waals surface area contributed by atoms with Crippen molar-refractivity contribution in [1.29, 1.82) is 0 Å². The molecule has 0 aliphatic heterocycles. The number of nitrogens with zero attached hydrogens (tertiary/aromatic N) is 3. The van der Waals surface area contributed by atoms with Crippen LogP contribution in [0.2, 0.25) is 0 Å².